The highest BCUT2D eigenvalue weighted by Gasteiger charge is 2.31. The number of carbonyl (C=O) groups is 2. The maximum atomic E-state index is 12.7. The van der Waals surface area contributed by atoms with Crippen LogP contribution in [0.25, 0.3) is 6.08 Å². The molecule has 1 saturated heterocycles. The van der Waals surface area contributed by atoms with Gasteiger partial charge in [0.05, 0.1) is 19.1 Å². The predicted molar refractivity (Wildman–Crippen MR) is 133 cm³/mol. The molecule has 32 heavy (non-hydrogen) atoms. The van der Waals surface area contributed by atoms with Gasteiger partial charge in [-0.15, -0.1) is 0 Å². The molecule has 2 aromatic rings. The van der Waals surface area contributed by atoms with Gasteiger partial charge in [0.25, 0.3) is 5.91 Å². The Morgan fingerprint density at radius 2 is 1.62 bits per heavy atom. The Bertz CT molecular complexity index is 988. The summed E-state index contributed by atoms with van der Waals surface area (Å²) in [4.78, 5) is 27.1. The van der Waals surface area contributed by atoms with Gasteiger partial charge in [0.1, 0.15) is 15.8 Å². The van der Waals surface area contributed by atoms with Crippen molar-refractivity contribution in [2.24, 2.45) is 0 Å². The highest BCUT2D eigenvalue weighted by Crippen LogP contribution is 2.33. The number of nitrogens with zero attached hydrogens (tertiary/aromatic N) is 1. The third kappa shape index (κ3) is 6.58. The second kappa shape index (κ2) is 11.7. The van der Waals surface area contributed by atoms with Crippen molar-refractivity contribution in [2.75, 3.05) is 26.1 Å². The van der Waals surface area contributed by atoms with Crippen LogP contribution < -0.4 is 14.8 Å². The van der Waals surface area contributed by atoms with E-state index in [1.807, 2.05) is 42.5 Å². The summed E-state index contributed by atoms with van der Waals surface area (Å²) in [6, 6.07) is 14.8. The first-order valence-corrected chi connectivity index (χ1v) is 11.6. The van der Waals surface area contributed by atoms with Crippen molar-refractivity contribution < 1.29 is 19.1 Å². The van der Waals surface area contributed by atoms with E-state index in [4.69, 9.17) is 21.7 Å². The number of benzene rings is 2. The standard InChI is InChI=1S/C24H26N2O4S2/c1-29-19-11-7-17(8-12-19)16-21-23(28)26(24(31)32-21)15-5-3-4-6-22(27)25-18-9-13-20(30-2)14-10-18/h7-14,16H,3-6,15H2,1-2H3,(H,25,27)/b21-16-. The number of rotatable bonds is 10. The van der Waals surface area contributed by atoms with Crippen molar-refractivity contribution in [1.29, 1.82) is 0 Å². The largest absolute Gasteiger partial charge is 0.497 e. The molecule has 1 N–H and O–H groups in total. The van der Waals surface area contributed by atoms with Crippen molar-refractivity contribution in [3.05, 3.63) is 59.0 Å². The number of hydrogen-bond acceptors (Lipinski definition) is 6. The summed E-state index contributed by atoms with van der Waals surface area (Å²) in [5, 5.41) is 2.88. The van der Waals surface area contributed by atoms with Crippen LogP contribution in [0.15, 0.2) is 53.4 Å². The third-order valence-electron chi connectivity index (χ3n) is 4.95. The van der Waals surface area contributed by atoms with E-state index >= 15 is 0 Å². The maximum Gasteiger partial charge on any atom is 0.266 e. The van der Waals surface area contributed by atoms with Gasteiger partial charge in [0.15, 0.2) is 0 Å². The molecule has 8 heteroatoms. The van der Waals surface area contributed by atoms with E-state index in [-0.39, 0.29) is 11.8 Å². The molecule has 0 saturated carbocycles. The summed E-state index contributed by atoms with van der Waals surface area (Å²) in [6.45, 7) is 0.560. The number of anilines is 1. The van der Waals surface area contributed by atoms with E-state index in [0.717, 1.165) is 42.0 Å². The van der Waals surface area contributed by atoms with Gasteiger partial charge < -0.3 is 14.8 Å². The Labute approximate surface area is 198 Å². The van der Waals surface area contributed by atoms with Crippen LogP contribution in [-0.4, -0.2) is 41.8 Å². The summed E-state index contributed by atoms with van der Waals surface area (Å²) in [5.41, 5.74) is 1.67. The van der Waals surface area contributed by atoms with Gasteiger partial charge in [-0.2, -0.15) is 0 Å². The summed E-state index contributed by atoms with van der Waals surface area (Å²) in [6.07, 6.45) is 4.66. The summed E-state index contributed by atoms with van der Waals surface area (Å²) in [7, 11) is 3.22. The smallest absolute Gasteiger partial charge is 0.266 e. The first-order chi connectivity index (χ1) is 15.5. The Kier molecular flexibility index (Phi) is 8.70. The number of thiocarbonyl (C=S) groups is 1. The van der Waals surface area contributed by atoms with E-state index in [1.165, 1.54) is 11.8 Å². The minimum atomic E-state index is -0.0620. The van der Waals surface area contributed by atoms with E-state index in [0.29, 0.717) is 22.2 Å². The number of thioether (sulfide) groups is 1. The fourth-order valence-electron chi connectivity index (χ4n) is 3.17. The van der Waals surface area contributed by atoms with Gasteiger partial charge in [0.2, 0.25) is 5.91 Å². The van der Waals surface area contributed by atoms with Crippen molar-refractivity contribution in [3.63, 3.8) is 0 Å². The number of amides is 2. The summed E-state index contributed by atoms with van der Waals surface area (Å²) in [5.74, 6) is 1.43. The van der Waals surface area contributed by atoms with E-state index in [2.05, 4.69) is 5.32 Å². The first-order valence-electron chi connectivity index (χ1n) is 10.3. The molecular formula is C24H26N2O4S2. The quantitative estimate of drug-likeness (QED) is 0.296. The van der Waals surface area contributed by atoms with Crippen LogP contribution >= 0.6 is 24.0 Å². The van der Waals surface area contributed by atoms with Crippen LogP contribution in [0.2, 0.25) is 0 Å². The topological polar surface area (TPSA) is 67.9 Å². The Morgan fingerprint density at radius 1 is 1.00 bits per heavy atom. The van der Waals surface area contributed by atoms with Crippen molar-refractivity contribution >= 4 is 51.9 Å². The summed E-state index contributed by atoms with van der Waals surface area (Å²) < 4.78 is 10.8. The lowest BCUT2D eigenvalue weighted by molar-refractivity contribution is -0.122. The van der Waals surface area contributed by atoms with Crippen molar-refractivity contribution in [1.82, 2.24) is 4.90 Å². The Hall–Kier alpha value is -2.84. The number of unbranched alkanes of at least 4 members (excludes halogenated alkanes) is 2. The second-order valence-electron chi connectivity index (χ2n) is 7.19. The minimum Gasteiger partial charge on any atom is -0.497 e. The van der Waals surface area contributed by atoms with E-state index < -0.39 is 0 Å². The first kappa shape index (κ1) is 23.8. The van der Waals surface area contributed by atoms with Gasteiger partial charge in [0, 0.05) is 18.7 Å². The van der Waals surface area contributed by atoms with Gasteiger partial charge in [-0.25, -0.2) is 0 Å². The van der Waals surface area contributed by atoms with Crippen LogP contribution in [0.5, 0.6) is 11.5 Å². The summed E-state index contributed by atoms with van der Waals surface area (Å²) >= 11 is 6.72. The number of nitrogens with one attached hydrogen (secondary N) is 1. The zero-order chi connectivity index (χ0) is 22.9. The number of hydrogen-bond donors (Lipinski definition) is 1. The molecule has 0 aromatic heterocycles. The zero-order valence-corrected chi connectivity index (χ0v) is 19.8. The van der Waals surface area contributed by atoms with Crippen LogP contribution in [0.3, 0.4) is 0 Å². The molecule has 1 aliphatic heterocycles. The second-order valence-corrected chi connectivity index (χ2v) is 8.87. The highest BCUT2D eigenvalue weighted by atomic mass is 32.2. The molecule has 0 atom stereocenters. The molecule has 6 nitrogen and oxygen atoms in total. The molecule has 0 bridgehead atoms. The monoisotopic (exact) mass is 470 g/mol. The van der Waals surface area contributed by atoms with E-state index in [1.54, 1.807) is 31.3 Å². The minimum absolute atomic E-state index is 0.0248. The molecule has 2 aromatic carbocycles. The fraction of sp³-hybridized carbons (Fsp3) is 0.292. The Morgan fingerprint density at radius 3 is 2.25 bits per heavy atom. The molecule has 1 aliphatic rings. The highest BCUT2D eigenvalue weighted by molar-refractivity contribution is 8.26. The number of ether oxygens (including phenoxy) is 2. The molecule has 0 unspecified atom stereocenters. The molecule has 1 fully saturated rings. The average Bonchev–Trinajstić information content (AvgIpc) is 3.07. The Balaban J connectivity index is 1.40. The molecule has 1 heterocycles. The van der Waals surface area contributed by atoms with Gasteiger partial charge in [-0.05, 0) is 60.9 Å². The molecule has 0 radical (unpaired) electrons. The van der Waals surface area contributed by atoms with Crippen molar-refractivity contribution in [2.45, 2.75) is 25.7 Å². The molecule has 0 aliphatic carbocycles. The lowest BCUT2D eigenvalue weighted by Crippen LogP contribution is -2.29. The number of carbonyl (C=O) groups excluding carboxylic acids is 2. The van der Waals surface area contributed by atoms with Crippen LogP contribution in [0.4, 0.5) is 5.69 Å². The average molecular weight is 471 g/mol. The van der Waals surface area contributed by atoms with Crippen LogP contribution in [0, 0.1) is 0 Å². The maximum absolute atomic E-state index is 12.7. The molecule has 0 spiro atoms. The van der Waals surface area contributed by atoms with Gasteiger partial charge in [-0.1, -0.05) is 42.5 Å². The fourth-order valence-corrected chi connectivity index (χ4v) is 4.48. The van der Waals surface area contributed by atoms with Crippen LogP contribution in [0.1, 0.15) is 31.2 Å². The molecule has 2 amide bonds. The van der Waals surface area contributed by atoms with E-state index in [9.17, 15) is 9.59 Å². The lowest BCUT2D eigenvalue weighted by Gasteiger charge is -2.14. The predicted octanol–water partition coefficient (Wildman–Crippen LogP) is 5.10. The normalized spacial score (nSPS) is 14.7. The zero-order valence-electron chi connectivity index (χ0n) is 18.1. The lowest BCUT2D eigenvalue weighted by atomic mass is 10.1. The van der Waals surface area contributed by atoms with Gasteiger partial charge >= 0.3 is 0 Å². The third-order valence-corrected chi connectivity index (χ3v) is 6.32. The SMILES string of the molecule is COc1ccc(/C=C2\SC(=S)N(CCCCCC(=O)Nc3ccc(OC)cc3)C2=O)cc1. The molecule has 168 valence electrons. The van der Waals surface area contributed by atoms with Crippen molar-refractivity contribution in [3.8, 4) is 11.5 Å². The molecule has 3 rings (SSSR count). The van der Waals surface area contributed by atoms with Gasteiger partial charge in [-0.3, -0.25) is 14.5 Å². The number of methoxy groups -OCH3 is 2. The van der Waals surface area contributed by atoms with Crippen LogP contribution in [-0.2, 0) is 9.59 Å². The molecular weight excluding hydrogens is 444 g/mol.